The molecule has 1 aromatic rings. The van der Waals surface area contributed by atoms with E-state index >= 15 is 0 Å². The molecule has 1 N–H and O–H groups in total. The van der Waals surface area contributed by atoms with E-state index in [2.05, 4.69) is 18.0 Å². The van der Waals surface area contributed by atoms with Crippen molar-refractivity contribution in [3.8, 4) is 6.07 Å². The van der Waals surface area contributed by atoms with Gasteiger partial charge in [0.15, 0.2) is 0 Å². The molecule has 0 aliphatic heterocycles. The number of aliphatic hydroxyl groups excluding tert-OH is 1. The number of hydrogen-bond donors (Lipinski definition) is 1. The maximum atomic E-state index is 10.5. The summed E-state index contributed by atoms with van der Waals surface area (Å²) in [7, 11) is 1.85. The minimum atomic E-state index is -0.729. The van der Waals surface area contributed by atoms with Gasteiger partial charge in [-0.15, -0.1) is 0 Å². The van der Waals surface area contributed by atoms with E-state index in [9.17, 15) is 10.4 Å². The molecule has 1 unspecified atom stereocenters. The van der Waals surface area contributed by atoms with Gasteiger partial charge in [0.1, 0.15) is 6.10 Å². The van der Waals surface area contributed by atoms with Gasteiger partial charge < -0.3 is 9.67 Å². The van der Waals surface area contributed by atoms with Crippen LogP contribution in [-0.4, -0.2) is 14.7 Å². The molecule has 0 amide bonds. The molecule has 1 aliphatic carbocycles. The zero-order valence-corrected chi connectivity index (χ0v) is 10.4. The number of nitrogens with zero attached hydrogens (tertiary/aromatic N) is 3. The van der Waals surface area contributed by atoms with Gasteiger partial charge in [0, 0.05) is 7.05 Å². The molecule has 92 valence electrons. The van der Waals surface area contributed by atoms with Gasteiger partial charge >= 0.3 is 0 Å². The third-order valence-corrected chi connectivity index (χ3v) is 4.05. The second-order valence-corrected chi connectivity index (χ2v) is 5.28. The number of aryl methyl sites for hydroxylation is 1. The lowest BCUT2D eigenvalue weighted by Crippen LogP contribution is -2.32. The summed E-state index contributed by atoms with van der Waals surface area (Å²) >= 11 is 0. The maximum Gasteiger partial charge on any atom is 0.114 e. The molecular weight excluding hydrogens is 214 g/mol. The summed E-state index contributed by atoms with van der Waals surface area (Å²) in [6.45, 7) is 2.21. The lowest BCUT2D eigenvalue weighted by molar-refractivity contribution is 0.0217. The van der Waals surface area contributed by atoms with Crippen molar-refractivity contribution in [3.63, 3.8) is 0 Å². The molecule has 0 spiro atoms. The summed E-state index contributed by atoms with van der Waals surface area (Å²) in [6, 6.07) is 2.36. The van der Waals surface area contributed by atoms with Crippen molar-refractivity contribution in [2.45, 2.75) is 38.7 Å². The molecule has 1 fully saturated rings. The molecule has 0 radical (unpaired) electrons. The molecule has 1 aromatic heterocycles. The molecule has 17 heavy (non-hydrogen) atoms. The van der Waals surface area contributed by atoms with Crippen LogP contribution in [0.25, 0.3) is 0 Å². The Hall–Kier alpha value is -1.34. The van der Waals surface area contributed by atoms with E-state index < -0.39 is 11.5 Å². The van der Waals surface area contributed by atoms with Crippen LogP contribution in [0.1, 0.15) is 44.4 Å². The molecular formula is C13H19N3O. The fourth-order valence-corrected chi connectivity index (χ4v) is 2.64. The predicted molar refractivity (Wildman–Crippen MR) is 63.8 cm³/mol. The average molecular weight is 233 g/mol. The highest BCUT2D eigenvalue weighted by Gasteiger charge is 2.42. The van der Waals surface area contributed by atoms with Crippen LogP contribution < -0.4 is 0 Å². The molecule has 1 aliphatic rings. The van der Waals surface area contributed by atoms with E-state index in [4.69, 9.17) is 0 Å². The van der Waals surface area contributed by atoms with Crippen molar-refractivity contribution in [2.75, 3.05) is 0 Å². The molecule has 0 aromatic carbocycles. The lowest BCUT2D eigenvalue weighted by Gasteiger charge is -2.37. The van der Waals surface area contributed by atoms with Crippen LogP contribution >= 0.6 is 0 Å². The zero-order valence-electron chi connectivity index (χ0n) is 10.4. The summed E-state index contributed by atoms with van der Waals surface area (Å²) in [5.74, 6) is 0.662. The van der Waals surface area contributed by atoms with Gasteiger partial charge in [-0.05, 0) is 31.6 Å². The monoisotopic (exact) mass is 233 g/mol. The largest absolute Gasteiger partial charge is 0.385 e. The summed E-state index contributed by atoms with van der Waals surface area (Å²) in [4.78, 5) is 4.01. The first-order valence-corrected chi connectivity index (χ1v) is 6.14. The summed E-state index contributed by atoms with van der Waals surface area (Å²) in [5.41, 5.74) is 0.112. The first kappa shape index (κ1) is 12.1. The van der Waals surface area contributed by atoms with E-state index in [0.29, 0.717) is 5.92 Å². The minimum Gasteiger partial charge on any atom is -0.385 e. The van der Waals surface area contributed by atoms with Crippen LogP contribution in [0, 0.1) is 22.7 Å². The Balaban J connectivity index is 2.25. The van der Waals surface area contributed by atoms with Gasteiger partial charge in [-0.2, -0.15) is 5.26 Å². The van der Waals surface area contributed by atoms with E-state index in [1.807, 2.05) is 7.05 Å². The molecule has 1 saturated carbocycles. The van der Waals surface area contributed by atoms with Crippen molar-refractivity contribution in [1.29, 1.82) is 5.26 Å². The number of aromatic nitrogens is 2. The Kier molecular flexibility index (Phi) is 3.21. The molecule has 1 heterocycles. The first-order chi connectivity index (χ1) is 8.09. The standard InChI is InChI=1S/C13H19N3O/c1-10-3-5-13(8-14,6-4-10)12(17)11-7-15-9-16(11)2/h7,9-10,12,17H,3-6H2,1-2H3. The highest BCUT2D eigenvalue weighted by Crippen LogP contribution is 2.46. The van der Waals surface area contributed by atoms with Crippen molar-refractivity contribution >= 4 is 0 Å². The van der Waals surface area contributed by atoms with E-state index in [1.165, 1.54) is 0 Å². The molecule has 4 heteroatoms. The molecule has 2 rings (SSSR count). The smallest absolute Gasteiger partial charge is 0.114 e. The van der Waals surface area contributed by atoms with Crippen LogP contribution in [0.3, 0.4) is 0 Å². The van der Waals surface area contributed by atoms with Gasteiger partial charge in [-0.3, -0.25) is 0 Å². The first-order valence-electron chi connectivity index (χ1n) is 6.14. The van der Waals surface area contributed by atoms with Crippen LogP contribution in [0.4, 0.5) is 0 Å². The predicted octanol–water partition coefficient (Wildman–Crippen LogP) is 2.17. The molecule has 4 nitrogen and oxygen atoms in total. The van der Waals surface area contributed by atoms with E-state index in [-0.39, 0.29) is 0 Å². The normalized spacial score (nSPS) is 30.8. The van der Waals surface area contributed by atoms with Crippen LogP contribution in [0.2, 0.25) is 0 Å². The highest BCUT2D eigenvalue weighted by atomic mass is 16.3. The van der Waals surface area contributed by atoms with Crippen LogP contribution in [0.15, 0.2) is 12.5 Å². The summed E-state index contributed by atoms with van der Waals surface area (Å²) < 4.78 is 1.79. The second-order valence-electron chi connectivity index (χ2n) is 5.28. The summed E-state index contributed by atoms with van der Waals surface area (Å²) in [5, 5.41) is 19.9. The number of imidazole rings is 1. The highest BCUT2D eigenvalue weighted by molar-refractivity contribution is 5.15. The Morgan fingerprint density at radius 1 is 1.59 bits per heavy atom. The fourth-order valence-electron chi connectivity index (χ4n) is 2.64. The second kappa shape index (κ2) is 4.50. The van der Waals surface area contributed by atoms with E-state index in [1.54, 1.807) is 17.1 Å². The Bertz CT molecular complexity index is 424. The molecule has 1 atom stereocenters. The average Bonchev–Trinajstić information content (AvgIpc) is 2.76. The van der Waals surface area contributed by atoms with Gasteiger partial charge in [0.25, 0.3) is 0 Å². The topological polar surface area (TPSA) is 61.8 Å². The Labute approximate surface area is 102 Å². The van der Waals surface area contributed by atoms with Crippen molar-refractivity contribution in [3.05, 3.63) is 18.2 Å². The number of nitriles is 1. The lowest BCUT2D eigenvalue weighted by atomic mass is 9.68. The Morgan fingerprint density at radius 2 is 2.24 bits per heavy atom. The Morgan fingerprint density at radius 3 is 2.71 bits per heavy atom. The van der Waals surface area contributed by atoms with E-state index in [0.717, 1.165) is 31.4 Å². The van der Waals surface area contributed by atoms with Gasteiger partial charge in [0.2, 0.25) is 0 Å². The summed E-state index contributed by atoms with van der Waals surface area (Å²) in [6.07, 6.45) is 6.17. The maximum absolute atomic E-state index is 10.5. The zero-order chi connectivity index (χ0) is 12.5. The SMILES string of the molecule is CC1CCC(C#N)(C(O)c2cncn2C)CC1. The fraction of sp³-hybridized carbons (Fsp3) is 0.692. The van der Waals surface area contributed by atoms with Crippen molar-refractivity contribution in [2.24, 2.45) is 18.4 Å². The third kappa shape index (κ3) is 2.07. The van der Waals surface area contributed by atoms with Crippen molar-refractivity contribution < 1.29 is 5.11 Å². The van der Waals surface area contributed by atoms with Crippen LogP contribution in [-0.2, 0) is 7.05 Å². The number of rotatable bonds is 2. The number of hydrogen-bond acceptors (Lipinski definition) is 3. The van der Waals surface area contributed by atoms with Gasteiger partial charge in [-0.1, -0.05) is 6.92 Å². The van der Waals surface area contributed by atoms with Crippen molar-refractivity contribution in [1.82, 2.24) is 9.55 Å². The number of aliphatic hydroxyl groups is 1. The third-order valence-electron chi connectivity index (χ3n) is 4.05. The molecule has 0 bridgehead atoms. The quantitative estimate of drug-likeness (QED) is 0.851. The molecule has 0 saturated heterocycles. The van der Waals surface area contributed by atoms with Crippen LogP contribution in [0.5, 0.6) is 0 Å². The van der Waals surface area contributed by atoms with Gasteiger partial charge in [0.05, 0.1) is 29.7 Å². The minimum absolute atomic E-state index is 0.625. The van der Waals surface area contributed by atoms with Gasteiger partial charge in [-0.25, -0.2) is 4.98 Å².